The lowest BCUT2D eigenvalue weighted by atomic mass is 10.0. The lowest BCUT2D eigenvalue weighted by Gasteiger charge is -2.16. The van der Waals surface area contributed by atoms with E-state index in [1.807, 2.05) is 0 Å². The van der Waals surface area contributed by atoms with E-state index >= 15 is 0 Å². The van der Waals surface area contributed by atoms with E-state index in [1.165, 1.54) is 12.1 Å². The summed E-state index contributed by atoms with van der Waals surface area (Å²) in [5.41, 5.74) is 4.48. The molecule has 3 N–H and O–H groups in total. The Morgan fingerprint density at radius 2 is 1.63 bits per heavy atom. The molecule has 0 heterocycles. The average Bonchev–Trinajstić information content (AvgIpc) is 2.52. The highest BCUT2D eigenvalue weighted by molar-refractivity contribution is 5.87. The number of halogens is 5. The number of amides is 2. The lowest BCUT2D eigenvalue weighted by molar-refractivity contribution is -0.137. The molecule has 1 atom stereocenters. The van der Waals surface area contributed by atoms with E-state index in [1.54, 1.807) is 0 Å². The zero-order valence-corrected chi connectivity index (χ0v) is 13.8. The molecular formula is C18H15F5N2O2. The van der Waals surface area contributed by atoms with Gasteiger partial charge in [0.1, 0.15) is 17.7 Å². The van der Waals surface area contributed by atoms with Gasteiger partial charge in [0.25, 0.3) is 0 Å². The first-order valence-electron chi connectivity index (χ1n) is 7.74. The van der Waals surface area contributed by atoms with E-state index in [0.717, 1.165) is 24.3 Å². The van der Waals surface area contributed by atoms with Crippen LogP contribution in [-0.4, -0.2) is 17.9 Å². The summed E-state index contributed by atoms with van der Waals surface area (Å²) in [4.78, 5) is 23.6. The molecule has 2 aromatic rings. The summed E-state index contributed by atoms with van der Waals surface area (Å²) in [6.07, 6.45) is -5.24. The van der Waals surface area contributed by atoms with E-state index in [0.29, 0.717) is 6.07 Å². The predicted octanol–water partition coefficient (Wildman–Crippen LogP) is 2.74. The molecule has 9 heteroatoms. The number of nitrogens with two attached hydrogens (primary N) is 1. The number of rotatable bonds is 6. The Balaban J connectivity index is 2.09. The quantitative estimate of drug-likeness (QED) is 0.750. The third-order valence-electron chi connectivity index (χ3n) is 3.66. The van der Waals surface area contributed by atoms with Crippen LogP contribution < -0.4 is 11.1 Å². The van der Waals surface area contributed by atoms with Crippen molar-refractivity contribution in [3.63, 3.8) is 0 Å². The van der Waals surface area contributed by atoms with Gasteiger partial charge in [-0.05, 0) is 29.3 Å². The minimum atomic E-state index is -4.55. The molecular weight excluding hydrogens is 371 g/mol. The van der Waals surface area contributed by atoms with Gasteiger partial charge in [-0.3, -0.25) is 9.59 Å². The van der Waals surface area contributed by atoms with Gasteiger partial charge < -0.3 is 11.1 Å². The first-order valence-corrected chi connectivity index (χ1v) is 7.74. The third kappa shape index (κ3) is 6.05. The van der Waals surface area contributed by atoms with Crippen molar-refractivity contribution in [2.24, 2.45) is 5.73 Å². The number of benzene rings is 2. The zero-order chi connectivity index (χ0) is 20.2. The molecule has 27 heavy (non-hydrogen) atoms. The van der Waals surface area contributed by atoms with Gasteiger partial charge in [-0.25, -0.2) is 8.78 Å². The fourth-order valence-electron chi connectivity index (χ4n) is 2.48. The highest BCUT2D eigenvalue weighted by Gasteiger charge is 2.30. The van der Waals surface area contributed by atoms with Crippen LogP contribution in [0, 0.1) is 11.6 Å². The SMILES string of the molecule is NC(=O)[C@H](Cc1cccc(C(F)(F)F)c1)NC(=O)Cc1cc(F)cc(F)c1. The number of hydrogen-bond acceptors (Lipinski definition) is 2. The van der Waals surface area contributed by atoms with Crippen LogP contribution in [0.1, 0.15) is 16.7 Å². The fraction of sp³-hybridized carbons (Fsp3) is 0.222. The molecule has 0 aliphatic carbocycles. The summed E-state index contributed by atoms with van der Waals surface area (Å²) < 4.78 is 64.6. The number of hydrogen-bond donors (Lipinski definition) is 2. The number of nitrogens with one attached hydrogen (secondary N) is 1. The number of carbonyl (C=O) groups is 2. The van der Waals surface area contributed by atoms with Crippen LogP contribution in [0.2, 0.25) is 0 Å². The van der Waals surface area contributed by atoms with E-state index in [-0.39, 0.29) is 17.5 Å². The smallest absolute Gasteiger partial charge is 0.368 e. The summed E-state index contributed by atoms with van der Waals surface area (Å²) in [6.45, 7) is 0. The minimum Gasteiger partial charge on any atom is -0.368 e. The molecule has 0 saturated carbocycles. The van der Waals surface area contributed by atoms with Crippen LogP contribution in [0.4, 0.5) is 22.0 Å². The van der Waals surface area contributed by atoms with Crippen molar-refractivity contribution >= 4 is 11.8 Å². The molecule has 0 aromatic heterocycles. The molecule has 0 fully saturated rings. The van der Waals surface area contributed by atoms with Crippen molar-refractivity contribution in [3.05, 3.63) is 70.8 Å². The number of primary amides is 1. The third-order valence-corrected chi connectivity index (χ3v) is 3.66. The van der Waals surface area contributed by atoms with E-state index in [4.69, 9.17) is 5.73 Å². The number of carbonyl (C=O) groups excluding carboxylic acids is 2. The van der Waals surface area contributed by atoms with Gasteiger partial charge >= 0.3 is 6.18 Å². The molecule has 144 valence electrons. The second-order valence-corrected chi connectivity index (χ2v) is 5.88. The van der Waals surface area contributed by atoms with Crippen LogP contribution >= 0.6 is 0 Å². The molecule has 2 aromatic carbocycles. The molecule has 0 bridgehead atoms. The monoisotopic (exact) mass is 386 g/mol. The van der Waals surface area contributed by atoms with Crippen LogP contribution in [0.15, 0.2) is 42.5 Å². The summed E-state index contributed by atoms with van der Waals surface area (Å²) >= 11 is 0. The second kappa shape index (κ2) is 8.15. The van der Waals surface area contributed by atoms with Crippen molar-refractivity contribution in [1.29, 1.82) is 0 Å². The van der Waals surface area contributed by atoms with Crippen molar-refractivity contribution < 1.29 is 31.5 Å². The highest BCUT2D eigenvalue weighted by atomic mass is 19.4. The maximum absolute atomic E-state index is 13.2. The maximum Gasteiger partial charge on any atom is 0.416 e. The predicted molar refractivity (Wildman–Crippen MR) is 86.3 cm³/mol. The minimum absolute atomic E-state index is 0.0345. The van der Waals surface area contributed by atoms with E-state index in [2.05, 4.69) is 5.32 Å². The molecule has 0 spiro atoms. The summed E-state index contributed by atoms with van der Waals surface area (Å²) in [5, 5.41) is 2.27. The van der Waals surface area contributed by atoms with Gasteiger partial charge in [0.2, 0.25) is 11.8 Å². The second-order valence-electron chi connectivity index (χ2n) is 5.88. The van der Waals surface area contributed by atoms with Gasteiger partial charge in [-0.15, -0.1) is 0 Å². The molecule has 0 saturated heterocycles. The Bertz CT molecular complexity index is 832. The van der Waals surface area contributed by atoms with Gasteiger partial charge in [-0.2, -0.15) is 13.2 Å². The molecule has 2 rings (SSSR count). The van der Waals surface area contributed by atoms with Crippen LogP contribution in [0.5, 0.6) is 0 Å². The first kappa shape index (κ1) is 20.3. The van der Waals surface area contributed by atoms with Gasteiger partial charge in [-0.1, -0.05) is 18.2 Å². The zero-order valence-electron chi connectivity index (χ0n) is 13.8. The standard InChI is InChI=1S/C18H15F5N2O2/c19-13-5-11(6-14(20)9-13)8-16(26)25-15(17(24)27)7-10-2-1-3-12(4-10)18(21,22)23/h1-6,9,15H,7-8H2,(H2,24,27)(H,25,26)/t15-/m0/s1. The largest absolute Gasteiger partial charge is 0.416 e. The normalized spacial score (nSPS) is 12.5. The summed E-state index contributed by atoms with van der Waals surface area (Å²) in [6, 6.07) is 5.53. The van der Waals surface area contributed by atoms with Crippen molar-refractivity contribution in [3.8, 4) is 0 Å². The Labute approximate surface area is 151 Å². The fourth-order valence-corrected chi connectivity index (χ4v) is 2.48. The van der Waals surface area contributed by atoms with E-state index in [9.17, 15) is 31.5 Å². The van der Waals surface area contributed by atoms with Crippen LogP contribution in [-0.2, 0) is 28.6 Å². The summed E-state index contributed by atoms with van der Waals surface area (Å²) in [7, 11) is 0. The highest BCUT2D eigenvalue weighted by Crippen LogP contribution is 2.29. The Kier molecular flexibility index (Phi) is 6.14. The Morgan fingerprint density at radius 3 is 2.19 bits per heavy atom. The van der Waals surface area contributed by atoms with Crippen LogP contribution in [0.3, 0.4) is 0 Å². The maximum atomic E-state index is 13.2. The first-order chi connectivity index (χ1) is 12.5. The van der Waals surface area contributed by atoms with Crippen molar-refractivity contribution in [1.82, 2.24) is 5.32 Å². The Hall–Kier alpha value is -2.97. The molecule has 0 aliphatic rings. The molecule has 0 unspecified atom stereocenters. The number of alkyl halides is 3. The Morgan fingerprint density at radius 1 is 1.00 bits per heavy atom. The molecule has 0 radical (unpaired) electrons. The summed E-state index contributed by atoms with van der Waals surface area (Å²) in [5.74, 6) is -3.44. The molecule has 0 aliphatic heterocycles. The average molecular weight is 386 g/mol. The lowest BCUT2D eigenvalue weighted by Crippen LogP contribution is -2.46. The van der Waals surface area contributed by atoms with Crippen LogP contribution in [0.25, 0.3) is 0 Å². The molecule has 4 nitrogen and oxygen atoms in total. The van der Waals surface area contributed by atoms with Crippen molar-refractivity contribution in [2.45, 2.75) is 25.1 Å². The van der Waals surface area contributed by atoms with Gasteiger partial charge in [0, 0.05) is 12.5 Å². The van der Waals surface area contributed by atoms with E-state index < -0.39 is 47.7 Å². The topological polar surface area (TPSA) is 72.2 Å². The van der Waals surface area contributed by atoms with Gasteiger partial charge in [0.15, 0.2) is 0 Å². The molecule has 2 amide bonds. The van der Waals surface area contributed by atoms with Crippen molar-refractivity contribution in [2.75, 3.05) is 0 Å². The van der Waals surface area contributed by atoms with Gasteiger partial charge in [0.05, 0.1) is 12.0 Å².